The SMILES string of the molecule is O=C1NC(=S)NC(=O)C1=Cc1ccc(N2CCCC2)c(F)c1. The summed E-state index contributed by atoms with van der Waals surface area (Å²) in [7, 11) is 0. The molecule has 0 aromatic heterocycles. The third kappa shape index (κ3) is 2.85. The average molecular weight is 319 g/mol. The van der Waals surface area contributed by atoms with Crippen LogP contribution in [0.15, 0.2) is 23.8 Å². The van der Waals surface area contributed by atoms with Crippen molar-refractivity contribution in [3.8, 4) is 0 Å². The van der Waals surface area contributed by atoms with Crippen molar-refractivity contribution in [1.82, 2.24) is 10.6 Å². The Balaban J connectivity index is 1.87. The number of benzene rings is 1. The van der Waals surface area contributed by atoms with Gasteiger partial charge in [0.05, 0.1) is 5.69 Å². The minimum absolute atomic E-state index is 0.0253. The number of halogens is 1. The van der Waals surface area contributed by atoms with E-state index in [1.807, 2.05) is 4.90 Å². The van der Waals surface area contributed by atoms with Crippen LogP contribution < -0.4 is 15.5 Å². The van der Waals surface area contributed by atoms with E-state index in [2.05, 4.69) is 10.6 Å². The number of thiocarbonyl (C=S) groups is 1. The van der Waals surface area contributed by atoms with Crippen LogP contribution in [0.1, 0.15) is 18.4 Å². The number of nitrogens with one attached hydrogen (secondary N) is 2. The molecule has 2 fully saturated rings. The molecule has 2 amide bonds. The van der Waals surface area contributed by atoms with Gasteiger partial charge in [-0.2, -0.15) is 0 Å². The molecule has 0 unspecified atom stereocenters. The first-order valence-electron chi connectivity index (χ1n) is 6.97. The standard InChI is InChI=1S/C15H14FN3O2S/c16-11-8-9(3-4-12(11)19-5-1-2-6-19)7-10-13(20)17-15(22)18-14(10)21/h3-4,7-8H,1-2,5-6H2,(H2,17,18,20,21,22). The van der Waals surface area contributed by atoms with E-state index in [1.165, 1.54) is 12.1 Å². The Hall–Kier alpha value is -2.28. The number of amides is 2. The van der Waals surface area contributed by atoms with Gasteiger partial charge in [0.25, 0.3) is 11.8 Å². The summed E-state index contributed by atoms with van der Waals surface area (Å²) in [6.45, 7) is 1.69. The molecule has 2 aliphatic rings. The monoisotopic (exact) mass is 319 g/mol. The lowest BCUT2D eigenvalue weighted by atomic mass is 10.1. The van der Waals surface area contributed by atoms with Crippen molar-refractivity contribution in [1.29, 1.82) is 0 Å². The second-order valence-electron chi connectivity index (χ2n) is 5.20. The van der Waals surface area contributed by atoms with Crippen LogP contribution in [0.2, 0.25) is 0 Å². The van der Waals surface area contributed by atoms with Crippen LogP contribution in [-0.4, -0.2) is 30.0 Å². The highest BCUT2D eigenvalue weighted by Gasteiger charge is 2.25. The largest absolute Gasteiger partial charge is 0.369 e. The predicted octanol–water partition coefficient (Wildman–Crippen LogP) is 1.34. The van der Waals surface area contributed by atoms with Gasteiger partial charge in [-0.25, -0.2) is 4.39 Å². The second-order valence-corrected chi connectivity index (χ2v) is 5.61. The molecule has 0 aliphatic carbocycles. The van der Waals surface area contributed by atoms with Crippen LogP contribution in [0.4, 0.5) is 10.1 Å². The van der Waals surface area contributed by atoms with Crippen LogP contribution in [0.5, 0.6) is 0 Å². The van der Waals surface area contributed by atoms with Crippen LogP contribution in [0.3, 0.4) is 0 Å². The molecule has 0 saturated carbocycles. The third-order valence-corrected chi connectivity index (χ3v) is 3.88. The quantitative estimate of drug-likeness (QED) is 0.491. The minimum atomic E-state index is -0.585. The highest BCUT2D eigenvalue weighted by Crippen LogP contribution is 2.25. The first-order chi connectivity index (χ1) is 10.5. The van der Waals surface area contributed by atoms with Crippen LogP contribution in [0.25, 0.3) is 6.08 Å². The van der Waals surface area contributed by atoms with Crippen molar-refractivity contribution in [2.75, 3.05) is 18.0 Å². The Labute approximate surface area is 132 Å². The molecule has 1 aromatic rings. The Bertz CT molecular complexity index is 674. The van der Waals surface area contributed by atoms with Crippen molar-refractivity contribution >= 4 is 40.9 Å². The van der Waals surface area contributed by atoms with E-state index < -0.39 is 11.8 Å². The van der Waals surface area contributed by atoms with E-state index in [9.17, 15) is 14.0 Å². The lowest BCUT2D eigenvalue weighted by molar-refractivity contribution is -0.123. The van der Waals surface area contributed by atoms with E-state index >= 15 is 0 Å². The molecular weight excluding hydrogens is 305 g/mol. The molecule has 22 heavy (non-hydrogen) atoms. The van der Waals surface area contributed by atoms with Gasteiger partial charge in [0.15, 0.2) is 5.11 Å². The van der Waals surface area contributed by atoms with E-state index in [1.54, 1.807) is 12.1 Å². The Morgan fingerprint density at radius 3 is 2.36 bits per heavy atom. The molecule has 1 aromatic carbocycles. The predicted molar refractivity (Wildman–Crippen MR) is 84.7 cm³/mol. The fourth-order valence-corrected chi connectivity index (χ4v) is 2.79. The summed E-state index contributed by atoms with van der Waals surface area (Å²) in [5.74, 6) is -1.53. The van der Waals surface area contributed by atoms with Crippen LogP contribution in [0, 0.1) is 5.82 Å². The Kier molecular flexibility index (Phi) is 3.89. The highest BCUT2D eigenvalue weighted by molar-refractivity contribution is 7.80. The fraction of sp³-hybridized carbons (Fsp3) is 0.267. The smallest absolute Gasteiger partial charge is 0.263 e. The van der Waals surface area contributed by atoms with Crippen molar-refractivity contribution in [2.24, 2.45) is 0 Å². The first kappa shape index (κ1) is 14.6. The zero-order valence-electron chi connectivity index (χ0n) is 11.7. The van der Waals surface area contributed by atoms with Crippen LogP contribution >= 0.6 is 12.2 Å². The molecule has 2 N–H and O–H groups in total. The first-order valence-corrected chi connectivity index (χ1v) is 7.38. The molecule has 2 saturated heterocycles. The normalized spacial score (nSPS) is 18.3. The molecule has 7 heteroatoms. The molecule has 5 nitrogen and oxygen atoms in total. The van der Waals surface area contributed by atoms with Crippen molar-refractivity contribution in [2.45, 2.75) is 12.8 Å². The van der Waals surface area contributed by atoms with Gasteiger partial charge in [-0.05, 0) is 48.8 Å². The fourth-order valence-electron chi connectivity index (χ4n) is 2.60. The van der Waals surface area contributed by atoms with Gasteiger partial charge in [-0.3, -0.25) is 20.2 Å². The number of carbonyl (C=O) groups excluding carboxylic acids is 2. The van der Waals surface area contributed by atoms with Crippen molar-refractivity contribution in [3.05, 3.63) is 35.2 Å². The van der Waals surface area contributed by atoms with Gasteiger partial charge in [-0.1, -0.05) is 6.07 Å². The molecule has 2 heterocycles. The molecule has 0 bridgehead atoms. The average Bonchev–Trinajstić information content (AvgIpc) is 2.97. The molecule has 0 radical (unpaired) electrons. The van der Waals surface area contributed by atoms with Gasteiger partial charge in [0.2, 0.25) is 0 Å². The highest BCUT2D eigenvalue weighted by atomic mass is 32.1. The van der Waals surface area contributed by atoms with E-state index in [-0.39, 0.29) is 16.5 Å². The van der Waals surface area contributed by atoms with Gasteiger partial charge in [-0.15, -0.1) is 0 Å². The lowest BCUT2D eigenvalue weighted by Crippen LogP contribution is -2.51. The summed E-state index contributed by atoms with van der Waals surface area (Å²) in [6.07, 6.45) is 3.47. The molecule has 0 spiro atoms. The van der Waals surface area contributed by atoms with Gasteiger partial charge in [0, 0.05) is 13.1 Å². The second kappa shape index (κ2) is 5.84. The minimum Gasteiger partial charge on any atom is -0.369 e. The zero-order valence-corrected chi connectivity index (χ0v) is 12.5. The van der Waals surface area contributed by atoms with Gasteiger partial charge >= 0.3 is 0 Å². The maximum absolute atomic E-state index is 14.2. The summed E-state index contributed by atoms with van der Waals surface area (Å²) in [4.78, 5) is 25.5. The number of hydrogen-bond donors (Lipinski definition) is 2. The molecule has 114 valence electrons. The topological polar surface area (TPSA) is 61.4 Å². The third-order valence-electron chi connectivity index (χ3n) is 3.67. The Morgan fingerprint density at radius 2 is 1.77 bits per heavy atom. The van der Waals surface area contributed by atoms with Gasteiger partial charge in [0.1, 0.15) is 11.4 Å². The van der Waals surface area contributed by atoms with E-state index in [0.29, 0.717) is 11.3 Å². The summed E-state index contributed by atoms with van der Waals surface area (Å²) in [5, 5.41) is 4.66. The van der Waals surface area contributed by atoms with Gasteiger partial charge < -0.3 is 4.90 Å². The van der Waals surface area contributed by atoms with Crippen LogP contribution in [-0.2, 0) is 9.59 Å². The van der Waals surface area contributed by atoms with E-state index in [4.69, 9.17) is 12.2 Å². The summed E-state index contributed by atoms with van der Waals surface area (Å²) in [6, 6.07) is 4.70. The zero-order chi connectivity index (χ0) is 15.7. The van der Waals surface area contributed by atoms with Crippen molar-refractivity contribution < 1.29 is 14.0 Å². The lowest BCUT2D eigenvalue weighted by Gasteiger charge is -2.19. The molecule has 0 atom stereocenters. The molecule has 3 rings (SSSR count). The summed E-state index contributed by atoms with van der Waals surface area (Å²) >= 11 is 4.72. The van der Waals surface area contributed by atoms with Crippen molar-refractivity contribution in [3.63, 3.8) is 0 Å². The maximum atomic E-state index is 14.2. The molecule has 2 aliphatic heterocycles. The number of carbonyl (C=O) groups is 2. The maximum Gasteiger partial charge on any atom is 0.263 e. The number of hydrogen-bond acceptors (Lipinski definition) is 4. The number of nitrogens with zero attached hydrogens (tertiary/aromatic N) is 1. The number of rotatable bonds is 2. The summed E-state index contributed by atoms with van der Waals surface area (Å²) in [5.41, 5.74) is 0.911. The molecular formula is C15H14FN3O2S. The van der Waals surface area contributed by atoms with E-state index in [0.717, 1.165) is 25.9 Å². The number of anilines is 1. The Morgan fingerprint density at radius 1 is 1.14 bits per heavy atom. The summed E-state index contributed by atoms with van der Waals surface area (Å²) < 4.78 is 14.2.